The molecule has 0 saturated carbocycles. The van der Waals surface area contributed by atoms with Gasteiger partial charge in [-0.3, -0.25) is 0 Å². The first-order chi connectivity index (χ1) is 8.83. The maximum absolute atomic E-state index is 12.0. The fraction of sp³-hybridized carbons (Fsp3) is 0.385. The van der Waals surface area contributed by atoms with Crippen molar-refractivity contribution in [2.24, 2.45) is 0 Å². The number of hydrogen-bond acceptors (Lipinski definition) is 4. The molecule has 0 atom stereocenters. The summed E-state index contributed by atoms with van der Waals surface area (Å²) in [5.41, 5.74) is 7.87. The van der Waals surface area contributed by atoms with Gasteiger partial charge >= 0.3 is 0 Å². The first-order valence-electron chi connectivity index (χ1n) is 5.91. The number of hydrogen-bond donors (Lipinski definition) is 2. The molecule has 0 radical (unpaired) electrons. The summed E-state index contributed by atoms with van der Waals surface area (Å²) >= 11 is 0. The molecule has 0 amide bonds. The molecule has 5 nitrogen and oxygen atoms in total. The van der Waals surface area contributed by atoms with E-state index in [0.29, 0.717) is 18.9 Å². The van der Waals surface area contributed by atoms with Crippen LogP contribution >= 0.6 is 0 Å². The molecule has 0 unspecified atom stereocenters. The van der Waals surface area contributed by atoms with Crippen LogP contribution < -0.4 is 10.5 Å². The van der Waals surface area contributed by atoms with Gasteiger partial charge in [0.15, 0.2) is 0 Å². The highest BCUT2D eigenvalue weighted by atomic mass is 32.2. The number of nitrogens with two attached hydrogens (primary N) is 1. The van der Waals surface area contributed by atoms with Gasteiger partial charge in [0.05, 0.1) is 18.1 Å². The zero-order valence-corrected chi connectivity index (χ0v) is 12.1. The highest BCUT2D eigenvalue weighted by Gasteiger charge is 2.13. The van der Waals surface area contributed by atoms with E-state index in [9.17, 15) is 8.42 Å². The maximum atomic E-state index is 12.0. The van der Waals surface area contributed by atoms with Crippen LogP contribution in [0.4, 0.5) is 5.69 Å². The quantitative estimate of drug-likeness (QED) is 0.451. The number of anilines is 1. The summed E-state index contributed by atoms with van der Waals surface area (Å²) in [5, 5.41) is 0. The molecule has 0 bridgehead atoms. The lowest BCUT2D eigenvalue weighted by Gasteiger charge is -2.09. The zero-order valence-electron chi connectivity index (χ0n) is 11.3. The number of sulfonamides is 1. The lowest BCUT2D eigenvalue weighted by molar-refractivity contribution is 0.162. The Morgan fingerprint density at radius 2 is 2.16 bits per heavy atom. The van der Waals surface area contributed by atoms with Gasteiger partial charge in [0.2, 0.25) is 10.0 Å². The molecule has 0 aliphatic rings. The van der Waals surface area contributed by atoms with Gasteiger partial charge in [0.1, 0.15) is 0 Å². The van der Waals surface area contributed by atoms with Gasteiger partial charge in [-0.15, -0.1) is 0 Å². The first kappa shape index (κ1) is 15.7. The van der Waals surface area contributed by atoms with Crippen molar-refractivity contribution in [3.8, 4) is 0 Å². The number of benzene rings is 1. The van der Waals surface area contributed by atoms with Crippen molar-refractivity contribution in [3.05, 3.63) is 35.9 Å². The number of nitrogens with one attached hydrogen (secondary N) is 1. The summed E-state index contributed by atoms with van der Waals surface area (Å²) in [6.07, 6.45) is 0. The van der Waals surface area contributed by atoms with E-state index in [2.05, 4.69) is 11.3 Å². The smallest absolute Gasteiger partial charge is 0.240 e. The minimum absolute atomic E-state index is 0.208. The van der Waals surface area contributed by atoms with Gasteiger partial charge in [-0.25, -0.2) is 13.1 Å². The van der Waals surface area contributed by atoms with E-state index in [1.807, 2.05) is 6.92 Å². The van der Waals surface area contributed by atoms with Crippen LogP contribution in [0.25, 0.3) is 0 Å². The molecule has 0 saturated heterocycles. The molecule has 106 valence electrons. The van der Waals surface area contributed by atoms with Crippen molar-refractivity contribution in [3.63, 3.8) is 0 Å². The molecule has 6 heteroatoms. The molecule has 0 fully saturated rings. The van der Waals surface area contributed by atoms with Crippen LogP contribution in [-0.4, -0.2) is 28.2 Å². The van der Waals surface area contributed by atoms with Crippen LogP contribution in [0.3, 0.4) is 0 Å². The third kappa shape index (κ3) is 5.02. The minimum Gasteiger partial charge on any atom is -0.399 e. The van der Waals surface area contributed by atoms with Crippen molar-refractivity contribution in [2.45, 2.75) is 18.7 Å². The predicted molar refractivity (Wildman–Crippen MR) is 76.4 cm³/mol. The Labute approximate surface area is 114 Å². The summed E-state index contributed by atoms with van der Waals surface area (Å²) in [6.45, 7) is 8.27. The summed E-state index contributed by atoms with van der Waals surface area (Å²) in [4.78, 5) is 0.208. The number of ether oxygens (including phenoxy) is 1. The van der Waals surface area contributed by atoms with Crippen molar-refractivity contribution >= 4 is 15.7 Å². The molecule has 3 N–H and O–H groups in total. The Morgan fingerprint density at radius 1 is 1.47 bits per heavy atom. The Bertz CT molecular complexity index is 553. The second-order valence-electron chi connectivity index (χ2n) is 4.43. The zero-order chi connectivity index (χ0) is 14.5. The lowest BCUT2D eigenvalue weighted by Crippen LogP contribution is -2.27. The SMILES string of the molecule is C=C(C)COCCNS(=O)(=O)c1ccc(N)c(C)c1. The van der Waals surface area contributed by atoms with E-state index >= 15 is 0 Å². The van der Waals surface area contributed by atoms with Gasteiger partial charge in [0.25, 0.3) is 0 Å². The summed E-state index contributed by atoms with van der Waals surface area (Å²) in [7, 11) is -3.51. The third-order valence-corrected chi connectivity index (χ3v) is 3.90. The maximum Gasteiger partial charge on any atom is 0.240 e. The normalized spacial score (nSPS) is 11.5. The van der Waals surface area contributed by atoms with E-state index in [-0.39, 0.29) is 11.4 Å². The fourth-order valence-electron chi connectivity index (χ4n) is 1.39. The Hall–Kier alpha value is -1.37. The van der Waals surface area contributed by atoms with Crippen LogP contribution in [0, 0.1) is 6.92 Å². The Balaban J connectivity index is 2.56. The van der Waals surface area contributed by atoms with Gasteiger partial charge in [-0.05, 0) is 37.6 Å². The van der Waals surface area contributed by atoms with Crippen molar-refractivity contribution in [1.82, 2.24) is 4.72 Å². The van der Waals surface area contributed by atoms with Gasteiger partial charge in [0, 0.05) is 12.2 Å². The monoisotopic (exact) mass is 284 g/mol. The number of nitrogen functional groups attached to an aromatic ring is 1. The lowest BCUT2D eigenvalue weighted by atomic mass is 10.2. The molecule has 1 aromatic rings. The number of aryl methyl sites for hydroxylation is 1. The average molecular weight is 284 g/mol. The highest BCUT2D eigenvalue weighted by molar-refractivity contribution is 7.89. The third-order valence-electron chi connectivity index (χ3n) is 2.44. The van der Waals surface area contributed by atoms with Gasteiger partial charge < -0.3 is 10.5 Å². The van der Waals surface area contributed by atoms with E-state index in [0.717, 1.165) is 11.1 Å². The largest absolute Gasteiger partial charge is 0.399 e. The minimum atomic E-state index is -3.51. The van der Waals surface area contributed by atoms with Crippen molar-refractivity contribution < 1.29 is 13.2 Å². The van der Waals surface area contributed by atoms with Crippen LogP contribution in [0.15, 0.2) is 35.2 Å². The molecule has 0 spiro atoms. The molecule has 1 aromatic carbocycles. The molecule has 1 rings (SSSR count). The molecule has 0 aromatic heterocycles. The van der Waals surface area contributed by atoms with E-state index in [1.165, 1.54) is 6.07 Å². The topological polar surface area (TPSA) is 81.4 Å². The Morgan fingerprint density at radius 3 is 2.74 bits per heavy atom. The number of rotatable bonds is 7. The standard InChI is InChI=1S/C13H20N2O3S/c1-10(2)9-18-7-6-15-19(16,17)12-4-5-13(14)11(3)8-12/h4-5,8,15H,1,6-7,9,14H2,2-3H3. The molecular formula is C13H20N2O3S. The van der Waals surface area contributed by atoms with Crippen LogP contribution in [0.2, 0.25) is 0 Å². The summed E-state index contributed by atoms with van der Waals surface area (Å²) in [5.74, 6) is 0. The molecule has 0 aliphatic heterocycles. The molecule has 19 heavy (non-hydrogen) atoms. The van der Waals surface area contributed by atoms with Gasteiger partial charge in [-0.2, -0.15) is 0 Å². The van der Waals surface area contributed by atoms with Crippen molar-refractivity contribution in [2.75, 3.05) is 25.5 Å². The fourth-order valence-corrected chi connectivity index (χ4v) is 2.49. The average Bonchev–Trinajstić information content (AvgIpc) is 2.31. The van der Waals surface area contributed by atoms with Crippen LogP contribution in [0.1, 0.15) is 12.5 Å². The van der Waals surface area contributed by atoms with Crippen LogP contribution in [0.5, 0.6) is 0 Å². The first-order valence-corrected chi connectivity index (χ1v) is 7.39. The molecular weight excluding hydrogens is 264 g/mol. The summed E-state index contributed by atoms with van der Waals surface area (Å²) < 4.78 is 31.6. The summed E-state index contributed by atoms with van der Waals surface area (Å²) in [6, 6.07) is 4.62. The second-order valence-corrected chi connectivity index (χ2v) is 6.19. The second kappa shape index (κ2) is 6.70. The molecule has 0 aliphatic carbocycles. The predicted octanol–water partition coefficient (Wildman–Crippen LogP) is 1.45. The van der Waals surface area contributed by atoms with E-state index in [1.54, 1.807) is 19.1 Å². The van der Waals surface area contributed by atoms with Crippen molar-refractivity contribution in [1.29, 1.82) is 0 Å². The highest BCUT2D eigenvalue weighted by Crippen LogP contribution is 2.16. The van der Waals surface area contributed by atoms with E-state index < -0.39 is 10.0 Å². The van der Waals surface area contributed by atoms with E-state index in [4.69, 9.17) is 10.5 Å². The molecule has 0 heterocycles. The Kier molecular flexibility index (Phi) is 5.53. The van der Waals surface area contributed by atoms with Gasteiger partial charge in [-0.1, -0.05) is 12.2 Å². The van der Waals surface area contributed by atoms with Crippen LogP contribution in [-0.2, 0) is 14.8 Å².